The molecule has 1 aliphatic heterocycles. The van der Waals surface area contributed by atoms with Crippen LogP contribution in [0.2, 0.25) is 0 Å². The van der Waals surface area contributed by atoms with E-state index in [-0.39, 0.29) is 0 Å². The highest BCUT2D eigenvalue weighted by Gasteiger charge is 2.32. The van der Waals surface area contributed by atoms with Crippen LogP contribution in [0, 0.1) is 0 Å². The molecule has 0 aromatic rings. The van der Waals surface area contributed by atoms with Crippen molar-refractivity contribution in [3.05, 3.63) is 0 Å². The summed E-state index contributed by atoms with van der Waals surface area (Å²) in [4.78, 5) is 0. The van der Waals surface area contributed by atoms with Crippen molar-refractivity contribution in [3.63, 3.8) is 0 Å². The largest absolute Gasteiger partial charge is 0.370 e. The minimum atomic E-state index is 0.556. The average molecular weight is 193 g/mol. The van der Waals surface area contributed by atoms with Crippen LogP contribution in [0.5, 0.6) is 0 Å². The molecule has 0 N–H and O–H groups in total. The molecular formula is C7H13BrO. The smallest absolute Gasteiger partial charge is 0.0839 e. The molecule has 0 aromatic carbocycles. The van der Waals surface area contributed by atoms with Crippen LogP contribution < -0.4 is 0 Å². The number of alkyl halides is 1. The van der Waals surface area contributed by atoms with Crippen molar-refractivity contribution in [1.82, 2.24) is 0 Å². The minimum absolute atomic E-state index is 0.556. The van der Waals surface area contributed by atoms with Crippen LogP contribution in [0.4, 0.5) is 0 Å². The third-order valence-corrected chi connectivity index (χ3v) is 2.27. The number of halogens is 1. The Labute approximate surface area is 64.9 Å². The predicted molar refractivity (Wildman–Crippen MR) is 42.0 cm³/mol. The summed E-state index contributed by atoms with van der Waals surface area (Å²) < 4.78 is 5.25. The van der Waals surface area contributed by atoms with Crippen LogP contribution in [-0.2, 0) is 4.74 Å². The summed E-state index contributed by atoms with van der Waals surface area (Å²) in [5, 5.41) is 1.13. The van der Waals surface area contributed by atoms with Gasteiger partial charge in [0.05, 0.1) is 12.2 Å². The van der Waals surface area contributed by atoms with E-state index < -0.39 is 0 Å². The van der Waals surface area contributed by atoms with E-state index in [1.165, 1.54) is 19.3 Å². The Hall–Kier alpha value is 0.440. The van der Waals surface area contributed by atoms with Gasteiger partial charge in [0.25, 0.3) is 0 Å². The van der Waals surface area contributed by atoms with Gasteiger partial charge in [-0.2, -0.15) is 0 Å². The molecule has 1 nitrogen and oxygen atoms in total. The van der Waals surface area contributed by atoms with E-state index in [0.717, 1.165) is 5.33 Å². The third-order valence-electron chi connectivity index (χ3n) is 1.71. The van der Waals surface area contributed by atoms with Crippen molar-refractivity contribution < 1.29 is 4.74 Å². The molecule has 1 saturated heterocycles. The van der Waals surface area contributed by atoms with Crippen LogP contribution in [-0.4, -0.2) is 17.5 Å². The van der Waals surface area contributed by atoms with Crippen LogP contribution in [0.1, 0.15) is 26.2 Å². The van der Waals surface area contributed by atoms with E-state index in [1.807, 2.05) is 0 Å². The second-order valence-corrected chi connectivity index (χ2v) is 3.36. The van der Waals surface area contributed by atoms with Gasteiger partial charge in [0, 0.05) is 5.33 Å². The molecule has 2 atom stereocenters. The lowest BCUT2D eigenvalue weighted by molar-refractivity contribution is 0.367. The monoisotopic (exact) mass is 192 g/mol. The second kappa shape index (κ2) is 3.57. The summed E-state index contributed by atoms with van der Waals surface area (Å²) in [6.07, 6.45) is 5.00. The molecule has 1 rings (SSSR count). The van der Waals surface area contributed by atoms with Gasteiger partial charge in [-0.15, -0.1) is 0 Å². The number of epoxide rings is 1. The van der Waals surface area contributed by atoms with Gasteiger partial charge in [-0.25, -0.2) is 0 Å². The minimum Gasteiger partial charge on any atom is -0.370 e. The quantitative estimate of drug-likeness (QED) is 0.379. The van der Waals surface area contributed by atoms with Crippen LogP contribution >= 0.6 is 15.9 Å². The molecular weight excluding hydrogens is 180 g/mol. The number of rotatable bonds is 4. The highest BCUT2D eigenvalue weighted by molar-refractivity contribution is 9.09. The molecule has 0 aliphatic carbocycles. The highest BCUT2D eigenvalue weighted by Crippen LogP contribution is 2.25. The summed E-state index contributed by atoms with van der Waals surface area (Å²) in [5.74, 6) is 0. The Morgan fingerprint density at radius 3 is 2.56 bits per heavy atom. The fourth-order valence-corrected chi connectivity index (χ4v) is 1.37. The fraction of sp³-hybridized carbons (Fsp3) is 1.00. The second-order valence-electron chi connectivity index (χ2n) is 2.56. The first-order chi connectivity index (χ1) is 4.34. The van der Waals surface area contributed by atoms with Gasteiger partial charge in [-0.1, -0.05) is 15.9 Å². The molecule has 0 spiro atoms. The van der Waals surface area contributed by atoms with E-state index in [9.17, 15) is 0 Å². The third kappa shape index (κ3) is 2.67. The summed E-state index contributed by atoms with van der Waals surface area (Å²) in [5.41, 5.74) is 0. The molecule has 0 amide bonds. The molecule has 0 aromatic heterocycles. The lowest BCUT2D eigenvalue weighted by Crippen LogP contribution is -1.89. The molecule has 0 saturated carbocycles. The van der Waals surface area contributed by atoms with Crippen LogP contribution in [0.25, 0.3) is 0 Å². The normalized spacial score (nSPS) is 32.7. The maximum absolute atomic E-state index is 5.25. The summed E-state index contributed by atoms with van der Waals surface area (Å²) in [6, 6.07) is 0. The fourth-order valence-electron chi connectivity index (χ4n) is 0.973. The predicted octanol–water partition coefficient (Wildman–Crippen LogP) is 2.34. The molecule has 2 unspecified atom stereocenters. The van der Waals surface area contributed by atoms with E-state index in [0.29, 0.717) is 12.2 Å². The maximum Gasteiger partial charge on any atom is 0.0839 e. The summed E-state index contributed by atoms with van der Waals surface area (Å²) in [7, 11) is 0. The lowest BCUT2D eigenvalue weighted by Gasteiger charge is -1.90. The van der Waals surface area contributed by atoms with Gasteiger partial charge in [0.1, 0.15) is 0 Å². The maximum atomic E-state index is 5.25. The zero-order valence-corrected chi connectivity index (χ0v) is 7.36. The average Bonchev–Trinajstić information content (AvgIpc) is 2.48. The highest BCUT2D eigenvalue weighted by atomic mass is 79.9. The van der Waals surface area contributed by atoms with Crippen molar-refractivity contribution in [1.29, 1.82) is 0 Å². The van der Waals surface area contributed by atoms with Gasteiger partial charge in [0.15, 0.2) is 0 Å². The Kier molecular flexibility index (Phi) is 2.99. The Balaban J connectivity index is 1.83. The topological polar surface area (TPSA) is 12.5 Å². The van der Waals surface area contributed by atoms with Gasteiger partial charge in [-0.05, 0) is 26.2 Å². The zero-order valence-electron chi connectivity index (χ0n) is 5.77. The molecule has 9 heavy (non-hydrogen) atoms. The van der Waals surface area contributed by atoms with Gasteiger partial charge < -0.3 is 4.74 Å². The number of unbranched alkanes of at least 4 members (excludes halogenated alkanes) is 1. The first-order valence-electron chi connectivity index (χ1n) is 3.56. The Morgan fingerprint density at radius 1 is 1.44 bits per heavy atom. The molecule has 54 valence electrons. The first-order valence-corrected chi connectivity index (χ1v) is 4.68. The lowest BCUT2D eigenvalue weighted by atomic mass is 10.2. The first kappa shape index (κ1) is 7.55. The molecule has 1 aliphatic rings. The summed E-state index contributed by atoms with van der Waals surface area (Å²) in [6.45, 7) is 2.14. The summed E-state index contributed by atoms with van der Waals surface area (Å²) >= 11 is 3.39. The molecule has 1 fully saturated rings. The number of hydrogen-bond donors (Lipinski definition) is 0. The van der Waals surface area contributed by atoms with Crippen LogP contribution in [0.3, 0.4) is 0 Å². The molecule has 0 bridgehead atoms. The van der Waals surface area contributed by atoms with E-state index >= 15 is 0 Å². The van der Waals surface area contributed by atoms with Crippen LogP contribution in [0.15, 0.2) is 0 Å². The Morgan fingerprint density at radius 2 is 2.11 bits per heavy atom. The van der Waals surface area contributed by atoms with E-state index in [1.54, 1.807) is 0 Å². The van der Waals surface area contributed by atoms with Crippen molar-refractivity contribution in [3.8, 4) is 0 Å². The van der Waals surface area contributed by atoms with Crippen molar-refractivity contribution >= 4 is 15.9 Å². The van der Waals surface area contributed by atoms with Gasteiger partial charge in [0.2, 0.25) is 0 Å². The van der Waals surface area contributed by atoms with E-state index in [4.69, 9.17) is 4.74 Å². The number of ether oxygens (including phenoxy) is 1. The van der Waals surface area contributed by atoms with Crippen molar-refractivity contribution in [2.45, 2.75) is 38.4 Å². The molecule has 2 heteroatoms. The number of hydrogen-bond acceptors (Lipinski definition) is 1. The van der Waals surface area contributed by atoms with Gasteiger partial charge >= 0.3 is 0 Å². The van der Waals surface area contributed by atoms with Crippen molar-refractivity contribution in [2.24, 2.45) is 0 Å². The Bertz CT molecular complexity index is 85.0. The zero-order chi connectivity index (χ0) is 6.69. The molecule has 1 heterocycles. The van der Waals surface area contributed by atoms with Gasteiger partial charge in [-0.3, -0.25) is 0 Å². The molecule has 0 radical (unpaired) electrons. The van der Waals surface area contributed by atoms with Crippen molar-refractivity contribution in [2.75, 3.05) is 5.33 Å². The van der Waals surface area contributed by atoms with E-state index in [2.05, 4.69) is 22.9 Å². The SMILES string of the molecule is CC1OC1CCCCBr. The standard InChI is InChI=1S/C7H13BrO/c1-6-7(9-6)4-2-3-5-8/h6-7H,2-5H2,1H3.